The molecule has 3 N–H and O–H groups in total. The Labute approximate surface area is 151 Å². The van der Waals surface area contributed by atoms with Crippen LogP contribution in [0.4, 0.5) is 5.82 Å². The lowest BCUT2D eigenvalue weighted by atomic mass is 10.1. The van der Waals surface area contributed by atoms with E-state index in [9.17, 15) is 13.2 Å². The van der Waals surface area contributed by atoms with Gasteiger partial charge in [0.05, 0.1) is 16.3 Å². The summed E-state index contributed by atoms with van der Waals surface area (Å²) in [5.74, 6) is 0.282. The van der Waals surface area contributed by atoms with Gasteiger partial charge in [-0.2, -0.15) is 0 Å². The van der Waals surface area contributed by atoms with Crippen LogP contribution in [0.3, 0.4) is 0 Å². The van der Waals surface area contributed by atoms with Crippen LogP contribution in [-0.4, -0.2) is 24.1 Å². The number of carbonyl (C=O) groups excluding carboxylic acids is 1. The smallest absolute Gasteiger partial charge is 0.238 e. The number of nitrogens with zero attached hydrogens (tertiary/aromatic N) is 2. The number of anilines is 1. The van der Waals surface area contributed by atoms with E-state index >= 15 is 0 Å². The van der Waals surface area contributed by atoms with Crippen molar-refractivity contribution in [2.75, 3.05) is 5.32 Å². The lowest BCUT2D eigenvalue weighted by Crippen LogP contribution is -2.12. The lowest BCUT2D eigenvalue weighted by molar-refractivity contribution is -0.115. The average Bonchev–Trinajstić information content (AvgIpc) is 3.05. The molecule has 8 heteroatoms. The Bertz CT molecular complexity index is 1030. The molecule has 0 aliphatic heterocycles. The maximum Gasteiger partial charge on any atom is 0.238 e. The Hall–Kier alpha value is -2.97. The highest BCUT2D eigenvalue weighted by atomic mass is 32.2. The number of carbonyl (C=O) groups is 1. The predicted molar refractivity (Wildman–Crippen MR) is 99.3 cm³/mol. The van der Waals surface area contributed by atoms with Crippen molar-refractivity contribution in [3.8, 4) is 16.9 Å². The Morgan fingerprint density at radius 1 is 1.12 bits per heavy atom. The van der Waals surface area contributed by atoms with Crippen molar-refractivity contribution < 1.29 is 13.2 Å². The van der Waals surface area contributed by atoms with Crippen LogP contribution in [0.15, 0.2) is 65.6 Å². The standard InChI is InChI=1S/C18H18N4O3S/c1-2-18(23)20-17-12-16(13-6-4-3-5-7-13)22(21-17)14-8-10-15(11-9-14)26(19,24)25/h3-12H,2H2,1H3,(H2,19,24,25)(H,20,21,23). The SMILES string of the molecule is CCC(=O)Nc1cc(-c2ccccc2)n(-c2ccc(S(N)(=O)=O)cc2)n1. The van der Waals surface area contributed by atoms with Gasteiger partial charge in [-0.25, -0.2) is 18.2 Å². The molecule has 0 spiro atoms. The molecule has 0 fully saturated rings. The third-order valence-corrected chi connectivity index (χ3v) is 4.71. The minimum Gasteiger partial charge on any atom is -0.309 e. The molecule has 1 heterocycles. The fourth-order valence-electron chi connectivity index (χ4n) is 2.46. The van der Waals surface area contributed by atoms with E-state index < -0.39 is 10.0 Å². The predicted octanol–water partition coefficient (Wildman–Crippen LogP) is 2.54. The molecule has 7 nitrogen and oxygen atoms in total. The molecule has 0 aliphatic carbocycles. The second-order valence-electron chi connectivity index (χ2n) is 5.63. The quantitative estimate of drug-likeness (QED) is 0.719. The fourth-order valence-corrected chi connectivity index (χ4v) is 2.98. The van der Waals surface area contributed by atoms with E-state index in [-0.39, 0.29) is 10.8 Å². The average molecular weight is 370 g/mol. The number of primary sulfonamides is 1. The maximum atomic E-state index is 11.7. The highest BCUT2D eigenvalue weighted by Gasteiger charge is 2.14. The number of nitrogens with two attached hydrogens (primary N) is 1. The van der Waals surface area contributed by atoms with E-state index in [1.54, 1.807) is 29.8 Å². The van der Waals surface area contributed by atoms with Crippen LogP contribution in [0.5, 0.6) is 0 Å². The van der Waals surface area contributed by atoms with Gasteiger partial charge in [0.1, 0.15) is 0 Å². The summed E-state index contributed by atoms with van der Waals surface area (Å²) in [4.78, 5) is 11.7. The van der Waals surface area contributed by atoms with Crippen molar-refractivity contribution in [2.45, 2.75) is 18.2 Å². The van der Waals surface area contributed by atoms with Gasteiger partial charge in [-0.05, 0) is 24.3 Å². The van der Waals surface area contributed by atoms with Crippen molar-refractivity contribution in [1.82, 2.24) is 9.78 Å². The molecule has 0 atom stereocenters. The monoisotopic (exact) mass is 370 g/mol. The van der Waals surface area contributed by atoms with Crippen LogP contribution >= 0.6 is 0 Å². The van der Waals surface area contributed by atoms with E-state index in [0.29, 0.717) is 17.9 Å². The molecule has 26 heavy (non-hydrogen) atoms. The zero-order chi connectivity index (χ0) is 18.7. The number of hydrogen-bond acceptors (Lipinski definition) is 4. The summed E-state index contributed by atoms with van der Waals surface area (Å²) in [7, 11) is -3.76. The van der Waals surface area contributed by atoms with E-state index in [0.717, 1.165) is 11.3 Å². The molecule has 2 aromatic carbocycles. The minimum atomic E-state index is -3.76. The lowest BCUT2D eigenvalue weighted by Gasteiger charge is -2.08. The molecule has 0 radical (unpaired) electrons. The van der Waals surface area contributed by atoms with Crippen LogP contribution in [0.2, 0.25) is 0 Å². The molecule has 1 amide bonds. The Kier molecular flexibility index (Phi) is 4.88. The van der Waals surface area contributed by atoms with Gasteiger partial charge in [0, 0.05) is 18.1 Å². The zero-order valence-corrected chi connectivity index (χ0v) is 14.9. The molecule has 1 aromatic heterocycles. The fraction of sp³-hybridized carbons (Fsp3) is 0.111. The number of hydrogen-bond donors (Lipinski definition) is 2. The zero-order valence-electron chi connectivity index (χ0n) is 14.1. The summed E-state index contributed by atoms with van der Waals surface area (Å²) in [5.41, 5.74) is 2.32. The molecule has 0 saturated carbocycles. The summed E-state index contributed by atoms with van der Waals surface area (Å²) in [6.45, 7) is 1.76. The number of nitrogens with one attached hydrogen (secondary N) is 1. The molecule has 3 aromatic rings. The molecular formula is C18H18N4O3S. The highest BCUT2D eigenvalue weighted by Crippen LogP contribution is 2.26. The third-order valence-electron chi connectivity index (χ3n) is 3.78. The highest BCUT2D eigenvalue weighted by molar-refractivity contribution is 7.89. The van der Waals surface area contributed by atoms with Crippen molar-refractivity contribution in [3.63, 3.8) is 0 Å². The van der Waals surface area contributed by atoms with Crippen LogP contribution in [0, 0.1) is 0 Å². The summed E-state index contributed by atoms with van der Waals surface area (Å²) < 4.78 is 24.5. The van der Waals surface area contributed by atoms with Gasteiger partial charge in [0.25, 0.3) is 0 Å². The maximum absolute atomic E-state index is 11.7. The Morgan fingerprint density at radius 2 is 1.77 bits per heavy atom. The summed E-state index contributed by atoms with van der Waals surface area (Å²) in [5, 5.41) is 12.3. The molecule has 0 aliphatic rings. The normalized spacial score (nSPS) is 11.3. The first-order valence-corrected chi connectivity index (χ1v) is 9.51. The Morgan fingerprint density at radius 3 is 2.35 bits per heavy atom. The first-order chi connectivity index (χ1) is 12.4. The number of benzene rings is 2. The van der Waals surface area contributed by atoms with Gasteiger partial charge < -0.3 is 5.32 Å². The van der Waals surface area contributed by atoms with Crippen LogP contribution in [0.1, 0.15) is 13.3 Å². The Balaban J connectivity index is 2.08. The van der Waals surface area contributed by atoms with Gasteiger partial charge in [0.15, 0.2) is 5.82 Å². The molecule has 3 rings (SSSR count). The third kappa shape index (κ3) is 3.81. The van der Waals surface area contributed by atoms with Gasteiger partial charge in [-0.15, -0.1) is 5.10 Å². The largest absolute Gasteiger partial charge is 0.309 e. The second-order valence-corrected chi connectivity index (χ2v) is 7.19. The summed E-state index contributed by atoms with van der Waals surface area (Å²) in [6.07, 6.45) is 0.344. The van der Waals surface area contributed by atoms with Crippen LogP contribution in [0.25, 0.3) is 16.9 Å². The first-order valence-electron chi connectivity index (χ1n) is 7.97. The van der Waals surface area contributed by atoms with Gasteiger partial charge in [0.2, 0.25) is 15.9 Å². The van der Waals surface area contributed by atoms with Crippen LogP contribution in [-0.2, 0) is 14.8 Å². The van der Waals surface area contributed by atoms with Crippen molar-refractivity contribution in [2.24, 2.45) is 5.14 Å². The van der Waals surface area contributed by atoms with Gasteiger partial charge in [-0.3, -0.25) is 4.79 Å². The van der Waals surface area contributed by atoms with E-state index in [2.05, 4.69) is 10.4 Å². The first kappa shape index (κ1) is 17.8. The summed E-state index contributed by atoms with van der Waals surface area (Å²) in [6, 6.07) is 17.4. The molecular weight excluding hydrogens is 352 g/mol. The minimum absolute atomic E-state index is 0.0224. The molecule has 0 unspecified atom stereocenters. The van der Waals surface area contributed by atoms with Gasteiger partial charge >= 0.3 is 0 Å². The topological polar surface area (TPSA) is 107 Å². The number of amides is 1. The van der Waals surface area contributed by atoms with Gasteiger partial charge in [-0.1, -0.05) is 37.3 Å². The molecule has 0 saturated heterocycles. The molecule has 134 valence electrons. The number of rotatable bonds is 5. The number of aromatic nitrogens is 2. The van der Waals surface area contributed by atoms with E-state index in [4.69, 9.17) is 5.14 Å². The molecule has 0 bridgehead atoms. The van der Waals surface area contributed by atoms with Crippen molar-refractivity contribution >= 4 is 21.7 Å². The van der Waals surface area contributed by atoms with Crippen molar-refractivity contribution in [1.29, 1.82) is 0 Å². The number of sulfonamides is 1. The van der Waals surface area contributed by atoms with E-state index in [1.807, 2.05) is 30.3 Å². The second kappa shape index (κ2) is 7.11. The van der Waals surface area contributed by atoms with Crippen molar-refractivity contribution in [3.05, 3.63) is 60.7 Å². The van der Waals surface area contributed by atoms with E-state index in [1.165, 1.54) is 12.1 Å². The summed E-state index contributed by atoms with van der Waals surface area (Å²) >= 11 is 0. The van der Waals surface area contributed by atoms with Crippen LogP contribution < -0.4 is 10.5 Å².